The van der Waals surface area contributed by atoms with Gasteiger partial charge in [0, 0.05) is 29.2 Å². The van der Waals surface area contributed by atoms with E-state index in [4.69, 9.17) is 11.5 Å². The number of rotatable bonds is 3. The second-order valence-corrected chi connectivity index (χ2v) is 6.63. The van der Waals surface area contributed by atoms with Crippen LogP contribution in [0.4, 0.5) is 17.1 Å². The van der Waals surface area contributed by atoms with Crippen LogP contribution in [-0.4, -0.2) is 6.54 Å². The first-order valence-electron chi connectivity index (χ1n) is 8.80. The van der Waals surface area contributed by atoms with Gasteiger partial charge in [0.05, 0.1) is 6.04 Å². The lowest BCUT2D eigenvalue weighted by Gasteiger charge is -2.41. The third-order valence-corrected chi connectivity index (χ3v) is 4.88. The maximum absolute atomic E-state index is 6.15. The fourth-order valence-electron chi connectivity index (χ4n) is 3.86. The lowest BCUT2D eigenvalue weighted by atomic mass is 9.84. The van der Waals surface area contributed by atoms with Crippen LogP contribution in [0.3, 0.4) is 0 Å². The quantitative estimate of drug-likeness (QED) is 0.568. The Morgan fingerprint density at radius 2 is 1.50 bits per heavy atom. The summed E-state index contributed by atoms with van der Waals surface area (Å²) >= 11 is 0. The number of nitrogen functional groups attached to an aromatic ring is 2. The summed E-state index contributed by atoms with van der Waals surface area (Å²) in [5, 5.41) is 0. The molecule has 1 heterocycles. The summed E-state index contributed by atoms with van der Waals surface area (Å²) < 4.78 is 0. The number of halogens is 1. The van der Waals surface area contributed by atoms with E-state index in [1.807, 2.05) is 12.1 Å². The smallest absolute Gasteiger partial charge is 0.0802 e. The zero-order valence-electron chi connectivity index (χ0n) is 14.9. The lowest BCUT2D eigenvalue weighted by Crippen LogP contribution is -2.33. The van der Waals surface area contributed by atoms with Crippen LogP contribution >= 0.6 is 17.0 Å². The van der Waals surface area contributed by atoms with E-state index < -0.39 is 0 Å². The Kier molecular flexibility index (Phi) is 5.23. The molecule has 1 aliphatic heterocycles. The van der Waals surface area contributed by atoms with Gasteiger partial charge in [-0.2, -0.15) is 0 Å². The van der Waals surface area contributed by atoms with Crippen molar-refractivity contribution in [3.05, 3.63) is 77.9 Å². The molecule has 0 aliphatic carbocycles. The monoisotopic (exact) mass is 409 g/mol. The molecule has 0 spiro atoms. The van der Waals surface area contributed by atoms with Crippen molar-refractivity contribution >= 4 is 34.0 Å². The minimum Gasteiger partial charge on any atom is -0.399 e. The molecular weight excluding hydrogens is 386 g/mol. The van der Waals surface area contributed by atoms with Gasteiger partial charge in [0.2, 0.25) is 0 Å². The number of hydrogen-bond donors (Lipinski definition) is 2. The Labute approximate surface area is 165 Å². The van der Waals surface area contributed by atoms with Gasteiger partial charge in [0.1, 0.15) is 0 Å². The van der Waals surface area contributed by atoms with E-state index in [9.17, 15) is 0 Å². The SMILES string of the molecule is Br.CCCN1c2cc(N)ccc2-c2ccc(N)cc2C1c1ccccc1. The van der Waals surface area contributed by atoms with Crippen LogP contribution in [0.5, 0.6) is 0 Å². The van der Waals surface area contributed by atoms with Crippen LogP contribution in [0.1, 0.15) is 30.5 Å². The van der Waals surface area contributed by atoms with Crippen molar-refractivity contribution in [3.63, 3.8) is 0 Å². The van der Waals surface area contributed by atoms with Crippen molar-refractivity contribution in [1.82, 2.24) is 0 Å². The number of nitrogens with zero attached hydrogens (tertiary/aromatic N) is 1. The van der Waals surface area contributed by atoms with Crippen molar-refractivity contribution in [2.75, 3.05) is 22.9 Å². The van der Waals surface area contributed by atoms with E-state index in [0.717, 1.165) is 24.3 Å². The van der Waals surface area contributed by atoms with Crippen LogP contribution in [0.2, 0.25) is 0 Å². The first-order valence-corrected chi connectivity index (χ1v) is 8.80. The van der Waals surface area contributed by atoms with E-state index in [0.29, 0.717) is 0 Å². The van der Waals surface area contributed by atoms with Crippen molar-refractivity contribution in [2.24, 2.45) is 0 Å². The summed E-state index contributed by atoms with van der Waals surface area (Å²) in [5.41, 5.74) is 20.1. The van der Waals surface area contributed by atoms with E-state index in [1.165, 1.54) is 27.9 Å². The Bertz CT molecular complexity index is 909. The Morgan fingerprint density at radius 1 is 0.846 bits per heavy atom. The second-order valence-electron chi connectivity index (χ2n) is 6.63. The molecule has 0 radical (unpaired) electrons. The fraction of sp³-hybridized carbons (Fsp3) is 0.182. The molecule has 4 heteroatoms. The summed E-state index contributed by atoms with van der Waals surface area (Å²) in [7, 11) is 0. The van der Waals surface area contributed by atoms with Gasteiger partial charge in [0.15, 0.2) is 0 Å². The van der Waals surface area contributed by atoms with Gasteiger partial charge in [-0.1, -0.05) is 49.4 Å². The molecule has 0 aromatic heterocycles. The van der Waals surface area contributed by atoms with Gasteiger partial charge in [-0.25, -0.2) is 0 Å². The first kappa shape index (κ1) is 18.3. The zero-order chi connectivity index (χ0) is 17.4. The van der Waals surface area contributed by atoms with Crippen LogP contribution in [-0.2, 0) is 0 Å². The van der Waals surface area contributed by atoms with E-state index >= 15 is 0 Å². The molecular formula is C22H24BrN3. The number of fused-ring (bicyclic) bond motifs is 3. The molecule has 1 unspecified atom stereocenters. The van der Waals surface area contributed by atoms with Crippen molar-refractivity contribution in [3.8, 4) is 11.1 Å². The van der Waals surface area contributed by atoms with Gasteiger partial charge in [-0.15, -0.1) is 17.0 Å². The highest BCUT2D eigenvalue weighted by molar-refractivity contribution is 8.93. The molecule has 3 aromatic carbocycles. The largest absolute Gasteiger partial charge is 0.399 e. The highest BCUT2D eigenvalue weighted by atomic mass is 79.9. The predicted octanol–water partition coefficient (Wildman–Crippen LogP) is 5.42. The molecule has 1 aliphatic rings. The lowest BCUT2D eigenvalue weighted by molar-refractivity contribution is 0.683. The van der Waals surface area contributed by atoms with E-state index in [1.54, 1.807) is 0 Å². The average Bonchev–Trinajstić information content (AvgIpc) is 2.62. The van der Waals surface area contributed by atoms with Crippen LogP contribution in [0, 0.1) is 0 Å². The molecule has 3 aromatic rings. The maximum Gasteiger partial charge on any atom is 0.0802 e. The first-order chi connectivity index (χ1) is 12.2. The highest BCUT2D eigenvalue weighted by Crippen LogP contribution is 2.48. The topological polar surface area (TPSA) is 55.3 Å². The molecule has 4 N–H and O–H groups in total. The van der Waals surface area contributed by atoms with Crippen LogP contribution < -0.4 is 16.4 Å². The van der Waals surface area contributed by atoms with Crippen molar-refractivity contribution < 1.29 is 0 Å². The third-order valence-electron chi connectivity index (χ3n) is 4.88. The number of hydrogen-bond acceptors (Lipinski definition) is 3. The summed E-state index contributed by atoms with van der Waals surface area (Å²) in [6, 6.07) is 23.2. The van der Waals surface area contributed by atoms with E-state index in [-0.39, 0.29) is 23.0 Å². The van der Waals surface area contributed by atoms with Gasteiger partial charge >= 0.3 is 0 Å². The second kappa shape index (κ2) is 7.42. The molecule has 0 bridgehead atoms. The Balaban J connectivity index is 0.00000196. The summed E-state index contributed by atoms with van der Waals surface area (Å²) in [4.78, 5) is 2.46. The molecule has 3 nitrogen and oxygen atoms in total. The van der Waals surface area contributed by atoms with Gasteiger partial charge in [0.25, 0.3) is 0 Å². The van der Waals surface area contributed by atoms with Gasteiger partial charge < -0.3 is 16.4 Å². The van der Waals surface area contributed by atoms with Gasteiger partial charge in [-0.3, -0.25) is 0 Å². The zero-order valence-corrected chi connectivity index (χ0v) is 16.6. The van der Waals surface area contributed by atoms with Gasteiger partial charge in [-0.05, 0) is 47.4 Å². The third kappa shape index (κ3) is 3.06. The molecule has 0 amide bonds. The summed E-state index contributed by atoms with van der Waals surface area (Å²) in [6.07, 6.45) is 1.06. The highest BCUT2D eigenvalue weighted by Gasteiger charge is 2.31. The molecule has 4 rings (SSSR count). The Morgan fingerprint density at radius 3 is 2.19 bits per heavy atom. The van der Waals surface area contributed by atoms with Crippen LogP contribution in [0.15, 0.2) is 66.7 Å². The minimum absolute atomic E-state index is 0. The number of nitrogens with two attached hydrogens (primary N) is 2. The number of anilines is 3. The predicted molar refractivity (Wildman–Crippen MR) is 117 cm³/mol. The van der Waals surface area contributed by atoms with Crippen molar-refractivity contribution in [2.45, 2.75) is 19.4 Å². The number of benzene rings is 3. The maximum atomic E-state index is 6.15. The normalized spacial score (nSPS) is 15.0. The molecule has 0 fully saturated rings. The fourth-order valence-corrected chi connectivity index (χ4v) is 3.86. The minimum atomic E-state index is 0. The standard InChI is InChI=1S/C22H23N3.BrH/c1-2-12-25-21-14-17(24)9-11-19(21)18-10-8-16(23)13-20(18)22(25)15-6-4-3-5-7-15;/h3-11,13-14,22H,2,12,23-24H2,1H3;1H. The summed E-state index contributed by atoms with van der Waals surface area (Å²) in [6.45, 7) is 3.17. The molecule has 134 valence electrons. The van der Waals surface area contributed by atoms with Crippen molar-refractivity contribution in [1.29, 1.82) is 0 Å². The molecule has 26 heavy (non-hydrogen) atoms. The summed E-state index contributed by atoms with van der Waals surface area (Å²) in [5.74, 6) is 0. The Hall–Kier alpha value is -2.46. The van der Waals surface area contributed by atoms with E-state index in [2.05, 4.69) is 66.4 Å². The molecule has 1 atom stereocenters. The average molecular weight is 410 g/mol. The van der Waals surface area contributed by atoms with Crippen LogP contribution in [0.25, 0.3) is 11.1 Å². The molecule has 0 saturated carbocycles. The molecule has 0 saturated heterocycles.